The van der Waals surface area contributed by atoms with Gasteiger partial charge < -0.3 is 10.4 Å². The second-order valence-electron chi connectivity index (χ2n) is 3.55. The molecule has 1 amide bonds. The Bertz CT molecular complexity index is 561. The van der Waals surface area contributed by atoms with Gasteiger partial charge in [0.15, 0.2) is 11.6 Å². The van der Waals surface area contributed by atoms with Crippen LogP contribution >= 0.6 is 0 Å². The van der Waals surface area contributed by atoms with Gasteiger partial charge in [0.05, 0.1) is 12.2 Å². The first-order valence-corrected chi connectivity index (χ1v) is 5.18. The lowest BCUT2D eigenvalue weighted by Gasteiger charge is -2.05. The van der Waals surface area contributed by atoms with Crippen LogP contribution in [0.25, 0.3) is 0 Å². The van der Waals surface area contributed by atoms with Crippen LogP contribution in [-0.2, 0) is 6.54 Å². The van der Waals surface area contributed by atoms with Crippen LogP contribution in [-0.4, -0.2) is 21.0 Å². The average Bonchev–Trinajstić information content (AvgIpc) is 2.40. The Labute approximate surface area is 102 Å². The van der Waals surface area contributed by atoms with Crippen LogP contribution in [0, 0.1) is 5.82 Å². The number of carbonyl (C=O) groups excluding carboxylic acids is 1. The predicted octanol–water partition coefficient (Wildman–Crippen LogP) is 1.25. The van der Waals surface area contributed by atoms with E-state index in [0.717, 1.165) is 12.1 Å². The van der Waals surface area contributed by atoms with Gasteiger partial charge in [-0.3, -0.25) is 4.79 Å². The number of hydrogen-bond donors (Lipinski definition) is 2. The van der Waals surface area contributed by atoms with Crippen molar-refractivity contribution >= 4 is 5.91 Å². The van der Waals surface area contributed by atoms with E-state index >= 15 is 0 Å². The molecule has 0 bridgehead atoms. The molecule has 1 aromatic carbocycles. The van der Waals surface area contributed by atoms with Crippen LogP contribution in [0.3, 0.4) is 0 Å². The highest BCUT2D eigenvalue weighted by atomic mass is 19.1. The van der Waals surface area contributed by atoms with E-state index in [1.165, 1.54) is 12.4 Å². The standard InChI is InChI=1S/C12H10FN3O2/c13-10-2-1-8(5-11(10)17)12(18)15-6-9-3-4-14-7-16-9/h1-5,7,17H,6H2,(H,15,18). The van der Waals surface area contributed by atoms with Gasteiger partial charge >= 0.3 is 0 Å². The number of halogens is 1. The molecule has 0 aliphatic rings. The van der Waals surface area contributed by atoms with Crippen molar-refractivity contribution in [3.8, 4) is 5.75 Å². The first-order valence-electron chi connectivity index (χ1n) is 5.18. The van der Waals surface area contributed by atoms with Crippen LogP contribution in [0.5, 0.6) is 5.75 Å². The summed E-state index contributed by atoms with van der Waals surface area (Å²) < 4.78 is 12.8. The lowest BCUT2D eigenvalue weighted by molar-refractivity contribution is 0.0950. The average molecular weight is 247 g/mol. The van der Waals surface area contributed by atoms with Crippen molar-refractivity contribution < 1.29 is 14.3 Å². The third-order valence-electron chi connectivity index (χ3n) is 2.28. The summed E-state index contributed by atoms with van der Waals surface area (Å²) in [5, 5.41) is 11.8. The molecule has 0 fully saturated rings. The Morgan fingerprint density at radius 1 is 1.39 bits per heavy atom. The van der Waals surface area contributed by atoms with E-state index in [1.807, 2.05) is 0 Å². The summed E-state index contributed by atoms with van der Waals surface area (Å²) in [6, 6.07) is 5.08. The Kier molecular flexibility index (Phi) is 3.47. The first-order chi connectivity index (χ1) is 8.66. The second kappa shape index (κ2) is 5.22. The third-order valence-corrected chi connectivity index (χ3v) is 2.28. The highest BCUT2D eigenvalue weighted by molar-refractivity contribution is 5.94. The predicted molar refractivity (Wildman–Crippen MR) is 61.3 cm³/mol. The van der Waals surface area contributed by atoms with Crippen LogP contribution in [0.1, 0.15) is 16.1 Å². The molecule has 2 N–H and O–H groups in total. The van der Waals surface area contributed by atoms with Gasteiger partial charge in [0.2, 0.25) is 0 Å². The molecule has 2 rings (SSSR count). The zero-order chi connectivity index (χ0) is 13.0. The second-order valence-corrected chi connectivity index (χ2v) is 3.55. The number of benzene rings is 1. The fourth-order valence-electron chi connectivity index (χ4n) is 1.35. The lowest BCUT2D eigenvalue weighted by atomic mass is 10.2. The number of nitrogens with one attached hydrogen (secondary N) is 1. The number of nitrogens with zero attached hydrogens (tertiary/aromatic N) is 2. The van der Waals surface area contributed by atoms with Crippen molar-refractivity contribution in [2.75, 3.05) is 0 Å². The molecular weight excluding hydrogens is 237 g/mol. The number of carbonyl (C=O) groups is 1. The smallest absolute Gasteiger partial charge is 0.251 e. The number of phenolic OH excluding ortho intramolecular Hbond substituents is 1. The van der Waals surface area contributed by atoms with Crippen molar-refractivity contribution in [3.05, 3.63) is 53.9 Å². The largest absolute Gasteiger partial charge is 0.505 e. The Hall–Kier alpha value is -2.50. The molecule has 0 unspecified atom stereocenters. The molecule has 92 valence electrons. The Morgan fingerprint density at radius 2 is 2.22 bits per heavy atom. The molecule has 18 heavy (non-hydrogen) atoms. The van der Waals surface area contributed by atoms with Crippen molar-refractivity contribution in [1.29, 1.82) is 0 Å². The van der Waals surface area contributed by atoms with Crippen molar-refractivity contribution in [2.45, 2.75) is 6.54 Å². The molecule has 0 spiro atoms. The fraction of sp³-hybridized carbons (Fsp3) is 0.0833. The topological polar surface area (TPSA) is 75.1 Å². The molecule has 0 saturated carbocycles. The maximum Gasteiger partial charge on any atom is 0.251 e. The quantitative estimate of drug-likeness (QED) is 0.856. The van der Waals surface area contributed by atoms with E-state index in [4.69, 9.17) is 5.11 Å². The highest BCUT2D eigenvalue weighted by Gasteiger charge is 2.08. The van der Waals surface area contributed by atoms with Gasteiger partial charge in [0.25, 0.3) is 5.91 Å². The summed E-state index contributed by atoms with van der Waals surface area (Å²) in [4.78, 5) is 19.4. The van der Waals surface area contributed by atoms with Crippen molar-refractivity contribution in [3.63, 3.8) is 0 Å². The number of aromatic nitrogens is 2. The molecule has 6 heteroatoms. The van der Waals surface area contributed by atoms with E-state index in [1.54, 1.807) is 12.3 Å². The lowest BCUT2D eigenvalue weighted by Crippen LogP contribution is -2.23. The minimum atomic E-state index is -0.762. The molecule has 0 saturated heterocycles. The molecule has 0 aliphatic heterocycles. The number of rotatable bonds is 3. The maximum atomic E-state index is 12.8. The minimum absolute atomic E-state index is 0.183. The summed E-state index contributed by atoms with van der Waals surface area (Å²) in [7, 11) is 0. The van der Waals surface area contributed by atoms with Crippen molar-refractivity contribution in [2.24, 2.45) is 0 Å². The summed E-state index contributed by atoms with van der Waals surface area (Å²) in [5.74, 6) is -1.73. The van der Waals surface area contributed by atoms with Gasteiger partial charge in [-0.1, -0.05) is 0 Å². The van der Waals surface area contributed by atoms with Gasteiger partial charge in [-0.2, -0.15) is 0 Å². The van der Waals surface area contributed by atoms with Crippen molar-refractivity contribution in [1.82, 2.24) is 15.3 Å². The molecule has 1 aromatic heterocycles. The number of amides is 1. The third kappa shape index (κ3) is 2.79. The van der Waals surface area contributed by atoms with Gasteiger partial charge in [0, 0.05) is 11.8 Å². The molecule has 5 nitrogen and oxygen atoms in total. The molecule has 0 radical (unpaired) electrons. The molecule has 1 heterocycles. The summed E-state index contributed by atoms with van der Waals surface area (Å²) in [5.41, 5.74) is 0.840. The maximum absolute atomic E-state index is 12.8. The van der Waals surface area contributed by atoms with E-state index in [-0.39, 0.29) is 12.1 Å². The van der Waals surface area contributed by atoms with Crippen LogP contribution < -0.4 is 5.32 Å². The molecule has 0 atom stereocenters. The van der Waals surface area contributed by atoms with E-state index < -0.39 is 17.5 Å². The van der Waals surface area contributed by atoms with Gasteiger partial charge in [-0.05, 0) is 24.3 Å². The number of aromatic hydroxyl groups is 1. The number of phenols is 1. The normalized spacial score (nSPS) is 10.1. The highest BCUT2D eigenvalue weighted by Crippen LogP contribution is 2.16. The fourth-order valence-corrected chi connectivity index (χ4v) is 1.35. The summed E-state index contributed by atoms with van der Waals surface area (Å²) >= 11 is 0. The van der Waals surface area contributed by atoms with Crippen LogP contribution in [0.4, 0.5) is 4.39 Å². The van der Waals surface area contributed by atoms with Gasteiger partial charge in [0.1, 0.15) is 6.33 Å². The molecule has 0 aliphatic carbocycles. The number of hydrogen-bond acceptors (Lipinski definition) is 4. The first kappa shape index (κ1) is 12.0. The van der Waals surface area contributed by atoms with E-state index in [9.17, 15) is 9.18 Å². The monoisotopic (exact) mass is 247 g/mol. The van der Waals surface area contributed by atoms with Crippen LogP contribution in [0.2, 0.25) is 0 Å². The summed E-state index contributed by atoms with van der Waals surface area (Å²) in [6.45, 7) is 0.236. The van der Waals surface area contributed by atoms with Gasteiger partial charge in [-0.25, -0.2) is 14.4 Å². The minimum Gasteiger partial charge on any atom is -0.505 e. The summed E-state index contributed by atoms with van der Waals surface area (Å²) in [6.07, 6.45) is 2.95. The Morgan fingerprint density at radius 3 is 2.89 bits per heavy atom. The van der Waals surface area contributed by atoms with E-state index in [0.29, 0.717) is 5.69 Å². The zero-order valence-corrected chi connectivity index (χ0v) is 9.30. The zero-order valence-electron chi connectivity index (χ0n) is 9.30. The van der Waals surface area contributed by atoms with Crippen LogP contribution in [0.15, 0.2) is 36.8 Å². The Balaban J connectivity index is 2.02. The SMILES string of the molecule is O=C(NCc1ccncn1)c1ccc(F)c(O)c1. The molecular formula is C12H10FN3O2. The van der Waals surface area contributed by atoms with Gasteiger partial charge in [-0.15, -0.1) is 0 Å². The molecule has 2 aromatic rings. The van der Waals surface area contributed by atoms with E-state index in [2.05, 4.69) is 15.3 Å².